The summed E-state index contributed by atoms with van der Waals surface area (Å²) in [6.07, 6.45) is -7.65. The molecule has 0 N–H and O–H groups in total. The van der Waals surface area contributed by atoms with Crippen LogP contribution in [0.3, 0.4) is 0 Å². The molecule has 1 aromatic rings. The van der Waals surface area contributed by atoms with Gasteiger partial charge in [-0.25, -0.2) is 0 Å². The fourth-order valence-electron chi connectivity index (χ4n) is 1.67. The summed E-state index contributed by atoms with van der Waals surface area (Å²) in [5, 5.41) is 3.80. The molecule has 31 heavy (non-hydrogen) atoms. The molecule has 0 aliphatic rings. The number of rotatable bonds is 7. The molecule has 19 heteroatoms. The minimum Gasteiger partial charge on any atom is -0.593 e. The van der Waals surface area contributed by atoms with Gasteiger partial charge in [-0.2, -0.15) is 65.5 Å². The van der Waals surface area contributed by atoms with Crippen molar-refractivity contribution in [3.8, 4) is 0 Å². The zero-order valence-electron chi connectivity index (χ0n) is 13.8. The number of para-hydroxylation sites is 1. The molecule has 0 saturated carbocycles. The van der Waals surface area contributed by atoms with Crippen molar-refractivity contribution in [2.24, 2.45) is 4.52 Å². The zero-order valence-corrected chi connectivity index (χ0v) is 14.6. The van der Waals surface area contributed by atoms with Gasteiger partial charge in [0.25, 0.3) is 0 Å². The Morgan fingerprint density at radius 3 is 1.45 bits per heavy atom. The van der Waals surface area contributed by atoms with Gasteiger partial charge in [0.05, 0.1) is 0 Å². The van der Waals surface area contributed by atoms with Gasteiger partial charge in [-0.15, -0.1) is 0 Å². The Kier molecular flexibility index (Phi) is 6.34. The van der Waals surface area contributed by atoms with E-state index in [2.05, 4.69) is 0 Å². The van der Waals surface area contributed by atoms with E-state index in [1.54, 1.807) is 0 Å². The quantitative estimate of drug-likeness (QED) is 0.219. The number of hydrogen-bond acceptors (Lipinski definition) is 3. The molecule has 0 atom stereocenters. The van der Waals surface area contributed by atoms with E-state index in [4.69, 9.17) is 0 Å². The lowest BCUT2D eigenvalue weighted by atomic mass is 9.98. The lowest BCUT2D eigenvalue weighted by molar-refractivity contribution is -0.437. The normalized spacial score (nSPS) is 15.8. The molecule has 1 aromatic carbocycles. The number of alkyl halides is 13. The van der Waals surface area contributed by atoms with E-state index >= 15 is 0 Å². The summed E-state index contributed by atoms with van der Waals surface area (Å²) < 4.78 is 192. The third-order valence-corrected chi connectivity index (χ3v) is 4.65. The first kappa shape index (κ1) is 26.7. The highest BCUT2D eigenvalue weighted by atomic mass is 32.2. The van der Waals surface area contributed by atoms with Gasteiger partial charge in [-0.3, -0.25) is 0 Å². The Bertz CT molecular complexity index is 942. The first-order chi connectivity index (χ1) is 13.5. The summed E-state index contributed by atoms with van der Waals surface area (Å²) in [6.45, 7) is 0. The van der Waals surface area contributed by atoms with Crippen LogP contribution in [0.2, 0.25) is 0 Å². The number of nitrogens with zero attached hydrogens (tertiary/aromatic N) is 2. The minimum absolute atomic E-state index is 0.620. The van der Waals surface area contributed by atoms with E-state index in [1.807, 2.05) is 0 Å². The van der Waals surface area contributed by atoms with Crippen molar-refractivity contribution in [3.63, 3.8) is 0 Å². The molecular weight excluding hydrogens is 499 g/mol. The van der Waals surface area contributed by atoms with E-state index in [1.165, 1.54) is 4.52 Å². The van der Waals surface area contributed by atoms with Crippen molar-refractivity contribution < 1.29 is 70.4 Å². The maximum Gasteiger partial charge on any atom is 0.460 e. The van der Waals surface area contributed by atoms with Gasteiger partial charge in [0.2, 0.25) is 5.69 Å². The van der Waals surface area contributed by atoms with Crippen LogP contribution >= 0.6 is 0 Å². The molecule has 0 bridgehead atoms. The van der Waals surface area contributed by atoms with Crippen LogP contribution in [0.5, 0.6) is 0 Å². The highest BCUT2D eigenvalue weighted by Crippen LogP contribution is 2.61. The third-order valence-electron chi connectivity index (χ3n) is 3.39. The summed E-state index contributed by atoms with van der Waals surface area (Å²) in [4.78, 5) is -1.36. The lowest BCUT2D eigenvalue weighted by Crippen LogP contribution is -2.71. The second-order valence-corrected chi connectivity index (χ2v) is 7.10. The van der Waals surface area contributed by atoms with Gasteiger partial charge in [0.15, 0.2) is 0 Å². The van der Waals surface area contributed by atoms with Gasteiger partial charge in [0.1, 0.15) is 4.52 Å². The average Bonchev–Trinajstić information content (AvgIpc) is 2.60. The Morgan fingerprint density at radius 1 is 0.677 bits per heavy atom. The van der Waals surface area contributed by atoms with Crippen molar-refractivity contribution in [3.05, 3.63) is 35.5 Å². The summed E-state index contributed by atoms with van der Waals surface area (Å²) in [6, 6.07) is 4.26. The van der Waals surface area contributed by atoms with Gasteiger partial charge in [0, 0.05) is 12.1 Å². The summed E-state index contributed by atoms with van der Waals surface area (Å²) in [7, 11) is -7.57. The minimum atomic E-state index is -8.33. The van der Waals surface area contributed by atoms with E-state index in [0.717, 1.165) is 18.2 Å². The zero-order chi connectivity index (χ0) is 24.9. The lowest BCUT2D eigenvalue weighted by Gasteiger charge is -2.38. The standard InChI is InChI=1S/C12H5F13N2O3S/c13-7(14,9(17,18)11(21,22)23)8(15,16)10(19,20)12(24,25)31(29,30)26-27(28)6-4-2-1-3-5-6/h1-5H/b27-26-. The molecule has 0 amide bonds. The maximum atomic E-state index is 13.6. The molecule has 0 radical (unpaired) electrons. The van der Waals surface area contributed by atoms with Gasteiger partial charge < -0.3 is 5.21 Å². The maximum absolute atomic E-state index is 13.6. The van der Waals surface area contributed by atoms with Crippen LogP contribution in [0, 0.1) is 5.21 Å². The molecule has 0 aromatic heterocycles. The average molecular weight is 504 g/mol. The van der Waals surface area contributed by atoms with Crippen molar-refractivity contribution in [2.75, 3.05) is 0 Å². The smallest absolute Gasteiger partial charge is 0.460 e. The van der Waals surface area contributed by atoms with Crippen molar-refractivity contribution >= 4 is 15.7 Å². The predicted octanol–water partition coefficient (Wildman–Crippen LogP) is 5.31. The molecule has 178 valence electrons. The predicted molar refractivity (Wildman–Crippen MR) is 71.9 cm³/mol. The summed E-state index contributed by atoms with van der Waals surface area (Å²) >= 11 is 0. The molecule has 0 saturated heterocycles. The van der Waals surface area contributed by atoms with Crippen LogP contribution in [-0.4, -0.2) is 48.4 Å². The van der Waals surface area contributed by atoms with Crippen LogP contribution in [0.4, 0.5) is 62.8 Å². The van der Waals surface area contributed by atoms with E-state index in [9.17, 15) is 70.7 Å². The number of sulfonamides is 1. The van der Waals surface area contributed by atoms with Gasteiger partial charge in [-0.1, -0.05) is 18.2 Å². The Hall–Kier alpha value is -2.34. The second kappa shape index (κ2) is 7.37. The highest BCUT2D eigenvalue weighted by Gasteiger charge is 2.92. The third kappa shape index (κ3) is 3.86. The van der Waals surface area contributed by atoms with Crippen molar-refractivity contribution in [1.82, 2.24) is 0 Å². The monoisotopic (exact) mass is 504 g/mol. The fourth-order valence-corrected chi connectivity index (χ4v) is 2.51. The molecule has 0 heterocycles. The van der Waals surface area contributed by atoms with Crippen molar-refractivity contribution in [2.45, 2.75) is 35.1 Å². The molecule has 0 unspecified atom stereocenters. The second-order valence-electron chi connectivity index (χ2n) is 5.48. The first-order valence-electron chi connectivity index (χ1n) is 6.94. The molecule has 0 aliphatic carbocycles. The molecule has 0 spiro atoms. The Labute approximate surface area is 162 Å². The number of hydrogen-bond donors (Lipinski definition) is 0. The van der Waals surface area contributed by atoms with E-state index in [-0.39, 0.29) is 0 Å². The molecule has 0 fully saturated rings. The fraction of sp³-hybridized carbons (Fsp3) is 0.500. The SMILES string of the molecule is O=S(=O)(/N=[N+](\[O-])c1ccccc1)C(F)(F)C(F)(F)C(F)(F)C(F)(F)C(F)(F)C(F)(F)F. The molecule has 0 aliphatic heterocycles. The molecule has 1 rings (SSSR count). The van der Waals surface area contributed by atoms with Crippen LogP contribution in [-0.2, 0) is 10.0 Å². The van der Waals surface area contributed by atoms with E-state index in [0.29, 0.717) is 12.1 Å². The molecule has 5 nitrogen and oxygen atoms in total. The van der Waals surface area contributed by atoms with Gasteiger partial charge in [-0.05, 0) is 4.86 Å². The first-order valence-corrected chi connectivity index (χ1v) is 8.38. The number of halogens is 13. The Balaban J connectivity index is 3.62. The number of benzene rings is 1. The highest BCUT2D eigenvalue weighted by molar-refractivity contribution is 7.91. The topological polar surface area (TPSA) is 72.6 Å². The van der Waals surface area contributed by atoms with Crippen LogP contribution in [0.1, 0.15) is 0 Å². The van der Waals surface area contributed by atoms with Crippen LogP contribution in [0.15, 0.2) is 34.9 Å². The van der Waals surface area contributed by atoms with Crippen LogP contribution < -0.4 is 0 Å². The van der Waals surface area contributed by atoms with E-state index < -0.39 is 55.7 Å². The van der Waals surface area contributed by atoms with Crippen molar-refractivity contribution in [1.29, 1.82) is 0 Å². The molecular formula is C12H5F13N2O3S. The Morgan fingerprint density at radius 2 is 1.06 bits per heavy atom. The summed E-state index contributed by atoms with van der Waals surface area (Å²) in [5.41, 5.74) is -0.995. The van der Waals surface area contributed by atoms with Crippen LogP contribution in [0.25, 0.3) is 0 Å². The largest absolute Gasteiger partial charge is 0.593 e. The van der Waals surface area contributed by atoms with Gasteiger partial charge >= 0.3 is 45.1 Å². The summed E-state index contributed by atoms with van der Waals surface area (Å²) in [5.74, 6) is -32.8.